The number of rotatable bonds is 1. The molecule has 0 amide bonds. The van der Waals surface area contributed by atoms with E-state index in [0.717, 1.165) is 0 Å². The molecule has 0 unspecified atom stereocenters. The van der Waals surface area contributed by atoms with E-state index in [-0.39, 0.29) is 98.6 Å². The van der Waals surface area contributed by atoms with Crippen molar-refractivity contribution >= 4 is 68.4 Å². The number of hydrogen-bond donors (Lipinski definition) is 2. The Morgan fingerprint density at radius 2 is 1.53 bits per heavy atom. The van der Waals surface area contributed by atoms with Crippen LogP contribution in [0.25, 0.3) is 0 Å². The van der Waals surface area contributed by atoms with Crippen molar-refractivity contribution in [1.29, 1.82) is 0 Å². The van der Waals surface area contributed by atoms with E-state index in [4.69, 9.17) is 13.0 Å². The van der Waals surface area contributed by atoms with Crippen molar-refractivity contribution in [2.24, 2.45) is 0 Å². The third-order valence-corrected chi connectivity index (χ3v) is 1.13. The van der Waals surface area contributed by atoms with Gasteiger partial charge in [-0.15, -0.1) is 0 Å². The maximum atomic E-state index is 10.3. The first-order valence-corrected chi connectivity index (χ1v) is 4.33. The SMILES string of the molecule is O=C(O)c1ccccc1O.[Ca+2].[Cl-].[Cl-].[O]=[Bi]. The molecule has 4 nitrogen and oxygen atoms in total. The standard InChI is InChI=1S/C7H6O3.Bi.Ca.2ClH.O/c8-6-4-2-1-3-5(6)7(9)10;;;;;/h1-4,8H,(H,9,10);;;2*1H;/q;;+2;;;/p-2. The van der Waals surface area contributed by atoms with Crippen molar-refractivity contribution < 1.29 is 42.6 Å². The number of aromatic carboxylic acids is 1. The van der Waals surface area contributed by atoms with E-state index in [2.05, 4.69) is 0 Å². The molecule has 0 aliphatic carbocycles. The number of para-hydroxylation sites is 1. The summed E-state index contributed by atoms with van der Waals surface area (Å²) in [4.78, 5) is 10.3. The van der Waals surface area contributed by atoms with Crippen LogP contribution >= 0.6 is 0 Å². The average Bonchev–Trinajstić information content (AvgIpc) is 2.08. The molecule has 0 aromatic heterocycles. The van der Waals surface area contributed by atoms with Gasteiger partial charge in [-0.25, -0.2) is 4.79 Å². The van der Waals surface area contributed by atoms with Gasteiger partial charge in [0.05, 0.1) is 0 Å². The summed E-state index contributed by atoms with van der Waals surface area (Å²) in [6.07, 6.45) is 0. The van der Waals surface area contributed by atoms with Crippen molar-refractivity contribution in [3.05, 3.63) is 29.8 Å². The summed E-state index contributed by atoms with van der Waals surface area (Å²) in [6.45, 7) is 0. The number of carboxylic acid groups (broad SMARTS) is 1. The van der Waals surface area contributed by atoms with Crippen LogP contribution in [-0.4, -0.2) is 78.6 Å². The van der Waals surface area contributed by atoms with Crippen LogP contribution in [0.2, 0.25) is 0 Å². The molecule has 0 aliphatic rings. The predicted molar refractivity (Wildman–Crippen MR) is 47.3 cm³/mol. The molecular formula is C7H6BiCaCl2O4. The summed E-state index contributed by atoms with van der Waals surface area (Å²) in [5, 5.41) is 17.3. The molecule has 0 saturated heterocycles. The Kier molecular flexibility index (Phi) is 25.0. The maximum absolute atomic E-state index is 10.3. The Morgan fingerprint density at radius 3 is 1.80 bits per heavy atom. The quantitative estimate of drug-likeness (QED) is 0.399. The number of phenols is 1. The molecule has 0 spiro atoms. The summed E-state index contributed by atoms with van der Waals surface area (Å²) >= 11 is 0.194. The normalized spacial score (nSPS) is 6.40. The fraction of sp³-hybridized carbons (Fsp3) is 0. The first-order valence-electron chi connectivity index (χ1n) is 2.91. The zero-order chi connectivity index (χ0) is 9.56. The fourth-order valence-corrected chi connectivity index (χ4v) is 0.654. The molecule has 1 rings (SSSR count). The van der Waals surface area contributed by atoms with Crippen LogP contribution in [-0.2, 0) is 2.81 Å². The van der Waals surface area contributed by atoms with Gasteiger partial charge in [-0.3, -0.25) is 0 Å². The van der Waals surface area contributed by atoms with Crippen LogP contribution < -0.4 is 24.8 Å². The van der Waals surface area contributed by atoms with E-state index < -0.39 is 5.97 Å². The van der Waals surface area contributed by atoms with Crippen molar-refractivity contribution in [2.45, 2.75) is 0 Å². The average molecular weight is 474 g/mol. The molecule has 15 heavy (non-hydrogen) atoms. The monoisotopic (exact) mass is 473 g/mol. The fourth-order valence-electron chi connectivity index (χ4n) is 0.654. The van der Waals surface area contributed by atoms with Crippen LogP contribution in [0.3, 0.4) is 0 Å². The second-order valence-electron chi connectivity index (χ2n) is 1.82. The van der Waals surface area contributed by atoms with Crippen LogP contribution in [0.5, 0.6) is 5.75 Å². The van der Waals surface area contributed by atoms with Gasteiger partial charge in [-0.2, -0.15) is 0 Å². The van der Waals surface area contributed by atoms with E-state index in [1.54, 1.807) is 12.1 Å². The van der Waals surface area contributed by atoms with Gasteiger partial charge < -0.3 is 35.0 Å². The summed E-state index contributed by atoms with van der Waals surface area (Å²) in [6, 6.07) is 5.81. The number of hydrogen-bond acceptors (Lipinski definition) is 3. The summed E-state index contributed by atoms with van der Waals surface area (Å²) < 4.78 is 8.36. The van der Waals surface area contributed by atoms with Gasteiger partial charge in [-0.05, 0) is 12.1 Å². The first-order chi connectivity index (χ1) is 5.72. The number of carbonyl (C=O) groups is 1. The van der Waals surface area contributed by atoms with Gasteiger partial charge in [0, 0.05) is 0 Å². The van der Waals surface area contributed by atoms with Gasteiger partial charge in [0.25, 0.3) is 0 Å². The van der Waals surface area contributed by atoms with Gasteiger partial charge in [-0.1, -0.05) is 12.1 Å². The summed E-state index contributed by atoms with van der Waals surface area (Å²) in [5.41, 5.74) is -0.0671. The predicted octanol–water partition coefficient (Wildman–Crippen LogP) is -5.78. The molecule has 0 fully saturated rings. The van der Waals surface area contributed by atoms with Gasteiger partial charge in [0.15, 0.2) is 0 Å². The third-order valence-electron chi connectivity index (χ3n) is 1.13. The molecule has 1 aromatic rings. The van der Waals surface area contributed by atoms with Crippen molar-refractivity contribution in [3.63, 3.8) is 0 Å². The Labute approximate surface area is 145 Å². The van der Waals surface area contributed by atoms with E-state index in [1.165, 1.54) is 12.1 Å². The Balaban J connectivity index is -0.000000114. The molecule has 0 heterocycles. The minimum atomic E-state index is -1.11. The molecule has 8 heteroatoms. The summed E-state index contributed by atoms with van der Waals surface area (Å²) in [5.74, 6) is -1.31. The second-order valence-corrected chi connectivity index (χ2v) is 1.82. The Bertz CT molecular complexity index is 287. The Hall–Kier alpha value is 1.01. The molecule has 0 atom stereocenters. The van der Waals surface area contributed by atoms with Gasteiger partial charge >= 0.3 is 71.2 Å². The molecule has 1 aromatic carbocycles. The zero-order valence-electron chi connectivity index (χ0n) is 7.43. The molecule has 0 bridgehead atoms. The van der Waals surface area contributed by atoms with Gasteiger partial charge in [0.1, 0.15) is 11.3 Å². The number of aromatic hydroxyl groups is 1. The molecular weight excluding hydrogens is 468 g/mol. The molecule has 2 N–H and O–H groups in total. The molecule has 0 aliphatic heterocycles. The van der Waals surface area contributed by atoms with Crippen LogP contribution in [0.1, 0.15) is 10.4 Å². The zero-order valence-corrected chi connectivity index (χ0v) is 14.6. The second kappa shape index (κ2) is 15.0. The number of carboxylic acids is 1. The van der Waals surface area contributed by atoms with E-state index in [1.807, 2.05) is 0 Å². The van der Waals surface area contributed by atoms with Gasteiger partial charge in [0.2, 0.25) is 0 Å². The number of benzene rings is 1. The van der Waals surface area contributed by atoms with Crippen molar-refractivity contribution in [1.82, 2.24) is 0 Å². The third kappa shape index (κ3) is 9.91. The molecule has 0 saturated carbocycles. The van der Waals surface area contributed by atoms with E-state index in [0.29, 0.717) is 0 Å². The molecule has 1 radical (unpaired) electrons. The van der Waals surface area contributed by atoms with Crippen molar-refractivity contribution in [3.8, 4) is 5.75 Å². The van der Waals surface area contributed by atoms with E-state index >= 15 is 0 Å². The van der Waals surface area contributed by atoms with Crippen molar-refractivity contribution in [2.75, 3.05) is 0 Å². The first kappa shape index (κ1) is 25.0. The minimum absolute atomic E-state index is 0. The van der Waals surface area contributed by atoms with Crippen LogP contribution in [0.15, 0.2) is 24.3 Å². The number of halogens is 2. The van der Waals surface area contributed by atoms with Crippen LogP contribution in [0.4, 0.5) is 0 Å². The van der Waals surface area contributed by atoms with E-state index in [9.17, 15) is 4.79 Å². The molecule has 79 valence electrons. The Morgan fingerprint density at radius 1 is 1.13 bits per heavy atom. The van der Waals surface area contributed by atoms with Crippen LogP contribution in [0, 0.1) is 0 Å². The topological polar surface area (TPSA) is 74.6 Å². The summed E-state index contributed by atoms with van der Waals surface area (Å²) in [7, 11) is 0.